The minimum Gasteiger partial charge on any atom is -0.492 e. The molecule has 0 spiro atoms. The Morgan fingerprint density at radius 2 is 1.83 bits per heavy atom. The molecule has 6 heteroatoms. The van der Waals surface area contributed by atoms with Gasteiger partial charge in [-0.1, -0.05) is 42.0 Å². The normalized spacial score (nSPS) is 10.9. The zero-order valence-corrected chi connectivity index (χ0v) is 16.8. The number of carbonyl (C=O) groups is 1. The van der Waals surface area contributed by atoms with Crippen LogP contribution in [0.15, 0.2) is 75.9 Å². The van der Waals surface area contributed by atoms with Crippen molar-refractivity contribution in [3.63, 3.8) is 0 Å². The van der Waals surface area contributed by atoms with Gasteiger partial charge in [0, 0.05) is 5.56 Å². The van der Waals surface area contributed by atoms with Crippen molar-refractivity contribution in [2.75, 3.05) is 11.9 Å². The van der Waals surface area contributed by atoms with Crippen LogP contribution in [0.5, 0.6) is 5.75 Å². The molecule has 0 bridgehead atoms. The number of aromatic nitrogens is 1. The second-order valence-corrected chi connectivity index (χ2v) is 7.01. The van der Waals surface area contributed by atoms with E-state index in [0.29, 0.717) is 41.3 Å². The highest BCUT2D eigenvalue weighted by atomic mass is 16.5. The van der Waals surface area contributed by atoms with Gasteiger partial charge in [-0.15, -0.1) is 0 Å². The third kappa shape index (κ3) is 3.98. The smallest absolute Gasteiger partial charge is 0.420 e. The first kappa shape index (κ1) is 19.5. The monoisotopic (exact) mass is 402 g/mol. The Morgan fingerprint density at radius 3 is 2.60 bits per heavy atom. The van der Waals surface area contributed by atoms with Gasteiger partial charge in [0.2, 0.25) is 0 Å². The van der Waals surface area contributed by atoms with Crippen LogP contribution in [0.2, 0.25) is 0 Å². The van der Waals surface area contributed by atoms with Crippen molar-refractivity contribution in [1.82, 2.24) is 4.57 Å². The van der Waals surface area contributed by atoms with Gasteiger partial charge in [0.1, 0.15) is 5.75 Å². The summed E-state index contributed by atoms with van der Waals surface area (Å²) in [5.41, 5.74) is 4.16. The van der Waals surface area contributed by atoms with Gasteiger partial charge in [-0.05, 0) is 49.7 Å². The summed E-state index contributed by atoms with van der Waals surface area (Å²) in [7, 11) is 0. The summed E-state index contributed by atoms with van der Waals surface area (Å²) in [5, 5.41) is 2.88. The summed E-state index contributed by atoms with van der Waals surface area (Å²) < 4.78 is 12.5. The van der Waals surface area contributed by atoms with Crippen LogP contribution in [0.25, 0.3) is 11.1 Å². The number of amides is 1. The SMILES string of the molecule is CCOc1ccccc1NC(=O)c1ccc2oc(=O)n(Cc3ccc(C)cc3)c2c1. The number of nitrogens with zero attached hydrogens (tertiary/aromatic N) is 1. The summed E-state index contributed by atoms with van der Waals surface area (Å²) in [6.07, 6.45) is 0. The van der Waals surface area contributed by atoms with Crippen LogP contribution < -0.4 is 15.8 Å². The van der Waals surface area contributed by atoms with Gasteiger partial charge in [0.05, 0.1) is 24.4 Å². The summed E-state index contributed by atoms with van der Waals surface area (Å²) in [6.45, 7) is 4.76. The predicted octanol–water partition coefficient (Wildman–Crippen LogP) is 4.60. The first-order valence-corrected chi connectivity index (χ1v) is 9.77. The first-order chi connectivity index (χ1) is 14.5. The standard InChI is InChI=1S/C24H22N2O4/c1-3-29-21-7-5-4-6-19(21)25-23(27)18-12-13-22-20(14-18)26(24(28)30-22)15-17-10-8-16(2)9-11-17/h4-14H,3,15H2,1-2H3,(H,25,27). The van der Waals surface area contributed by atoms with Crippen molar-refractivity contribution >= 4 is 22.7 Å². The van der Waals surface area contributed by atoms with E-state index in [-0.39, 0.29) is 5.91 Å². The number of ether oxygens (including phenoxy) is 1. The molecule has 0 unspecified atom stereocenters. The molecule has 1 N–H and O–H groups in total. The van der Waals surface area contributed by atoms with Gasteiger partial charge in [-0.2, -0.15) is 0 Å². The summed E-state index contributed by atoms with van der Waals surface area (Å²) >= 11 is 0. The fraction of sp³-hybridized carbons (Fsp3) is 0.167. The van der Waals surface area contributed by atoms with Crippen LogP contribution in [0.4, 0.5) is 5.69 Å². The quantitative estimate of drug-likeness (QED) is 0.511. The molecule has 0 saturated heterocycles. The Kier molecular flexibility index (Phi) is 5.39. The number of anilines is 1. The van der Waals surface area contributed by atoms with Gasteiger partial charge in [0.15, 0.2) is 5.58 Å². The van der Waals surface area contributed by atoms with Gasteiger partial charge in [-0.3, -0.25) is 9.36 Å². The van der Waals surface area contributed by atoms with E-state index in [9.17, 15) is 9.59 Å². The third-order valence-electron chi connectivity index (χ3n) is 4.83. The number of hydrogen-bond donors (Lipinski definition) is 1. The largest absolute Gasteiger partial charge is 0.492 e. The molecule has 1 aromatic heterocycles. The van der Waals surface area contributed by atoms with E-state index in [0.717, 1.165) is 11.1 Å². The number of carbonyl (C=O) groups excluding carboxylic acids is 1. The number of fused-ring (bicyclic) bond motifs is 1. The molecule has 0 saturated carbocycles. The van der Waals surface area contributed by atoms with Gasteiger partial charge in [0.25, 0.3) is 5.91 Å². The van der Waals surface area contributed by atoms with E-state index < -0.39 is 5.76 Å². The maximum atomic E-state index is 12.8. The van der Waals surface area contributed by atoms with E-state index in [1.165, 1.54) is 4.57 Å². The third-order valence-corrected chi connectivity index (χ3v) is 4.83. The van der Waals surface area contributed by atoms with Crippen LogP contribution in [-0.4, -0.2) is 17.1 Å². The number of hydrogen-bond acceptors (Lipinski definition) is 4. The summed E-state index contributed by atoms with van der Waals surface area (Å²) in [6, 6.07) is 20.2. The Balaban J connectivity index is 1.65. The van der Waals surface area contributed by atoms with Crippen LogP contribution >= 0.6 is 0 Å². The van der Waals surface area contributed by atoms with Crippen molar-refractivity contribution in [2.24, 2.45) is 0 Å². The molecule has 4 rings (SSSR count). The van der Waals surface area contributed by atoms with Gasteiger partial charge in [-0.25, -0.2) is 4.79 Å². The second kappa shape index (κ2) is 8.29. The van der Waals surface area contributed by atoms with Crippen molar-refractivity contribution in [1.29, 1.82) is 0 Å². The molecule has 0 aliphatic heterocycles. The molecule has 152 valence electrons. The molecular formula is C24H22N2O4. The molecule has 4 aromatic rings. The lowest BCUT2D eigenvalue weighted by Crippen LogP contribution is -2.16. The molecule has 1 heterocycles. The number of oxazole rings is 1. The zero-order chi connectivity index (χ0) is 21.1. The molecular weight excluding hydrogens is 380 g/mol. The Bertz CT molecular complexity index is 1250. The highest BCUT2D eigenvalue weighted by molar-refractivity contribution is 6.06. The molecule has 0 radical (unpaired) electrons. The second-order valence-electron chi connectivity index (χ2n) is 7.01. The first-order valence-electron chi connectivity index (χ1n) is 9.77. The van der Waals surface area contributed by atoms with E-state index in [1.807, 2.05) is 50.2 Å². The molecule has 30 heavy (non-hydrogen) atoms. The lowest BCUT2D eigenvalue weighted by molar-refractivity contribution is 0.102. The Labute approximate surface area is 173 Å². The van der Waals surface area contributed by atoms with Gasteiger partial charge < -0.3 is 14.5 Å². The number of nitrogens with one attached hydrogen (secondary N) is 1. The molecule has 6 nitrogen and oxygen atoms in total. The Morgan fingerprint density at radius 1 is 1.07 bits per heavy atom. The van der Waals surface area contributed by atoms with Crippen LogP contribution in [0.1, 0.15) is 28.4 Å². The van der Waals surface area contributed by atoms with Crippen LogP contribution in [0, 0.1) is 6.92 Å². The molecule has 3 aromatic carbocycles. The molecule has 0 atom stereocenters. The van der Waals surface area contributed by atoms with Crippen LogP contribution in [-0.2, 0) is 6.54 Å². The number of aryl methyl sites for hydroxylation is 1. The lowest BCUT2D eigenvalue weighted by Gasteiger charge is -2.11. The molecule has 0 aliphatic carbocycles. The van der Waals surface area contributed by atoms with Gasteiger partial charge >= 0.3 is 5.76 Å². The number of para-hydroxylation sites is 2. The fourth-order valence-corrected chi connectivity index (χ4v) is 3.27. The molecule has 0 aliphatic rings. The van der Waals surface area contributed by atoms with Crippen molar-refractivity contribution in [2.45, 2.75) is 20.4 Å². The topological polar surface area (TPSA) is 73.5 Å². The highest BCUT2D eigenvalue weighted by Crippen LogP contribution is 2.25. The Hall–Kier alpha value is -3.80. The average Bonchev–Trinajstić information content (AvgIpc) is 3.05. The average molecular weight is 402 g/mol. The minimum absolute atomic E-state index is 0.292. The fourth-order valence-electron chi connectivity index (χ4n) is 3.27. The van der Waals surface area contributed by atoms with Crippen molar-refractivity contribution in [3.8, 4) is 5.75 Å². The van der Waals surface area contributed by atoms with E-state index in [1.54, 1.807) is 30.3 Å². The highest BCUT2D eigenvalue weighted by Gasteiger charge is 2.15. The van der Waals surface area contributed by atoms with Crippen molar-refractivity contribution < 1.29 is 13.9 Å². The zero-order valence-electron chi connectivity index (χ0n) is 16.8. The predicted molar refractivity (Wildman–Crippen MR) is 116 cm³/mol. The molecule has 1 amide bonds. The van der Waals surface area contributed by atoms with E-state index in [2.05, 4.69) is 5.32 Å². The minimum atomic E-state index is -0.454. The van der Waals surface area contributed by atoms with Crippen LogP contribution in [0.3, 0.4) is 0 Å². The maximum absolute atomic E-state index is 12.8. The van der Waals surface area contributed by atoms with E-state index >= 15 is 0 Å². The maximum Gasteiger partial charge on any atom is 0.420 e. The lowest BCUT2D eigenvalue weighted by atomic mass is 10.1. The van der Waals surface area contributed by atoms with Crippen molar-refractivity contribution in [3.05, 3.63) is 94.0 Å². The number of rotatable bonds is 6. The number of benzene rings is 3. The summed E-state index contributed by atoms with van der Waals surface area (Å²) in [5.74, 6) is -0.140. The summed E-state index contributed by atoms with van der Waals surface area (Å²) in [4.78, 5) is 25.2. The van der Waals surface area contributed by atoms with E-state index in [4.69, 9.17) is 9.15 Å². The molecule has 0 fully saturated rings.